The highest BCUT2D eigenvalue weighted by atomic mass is 15.3. The first-order valence-corrected chi connectivity index (χ1v) is 5.83. The summed E-state index contributed by atoms with van der Waals surface area (Å²) in [6.07, 6.45) is 1.90. The third kappa shape index (κ3) is 1.62. The maximum absolute atomic E-state index is 5.78. The van der Waals surface area contributed by atoms with E-state index >= 15 is 0 Å². The fraction of sp³-hybridized carbons (Fsp3) is 0.143. The van der Waals surface area contributed by atoms with Crippen LogP contribution in [0, 0.1) is 13.8 Å². The Morgan fingerprint density at radius 2 is 1.89 bits per heavy atom. The Labute approximate surface area is 105 Å². The average molecular weight is 238 g/mol. The lowest BCUT2D eigenvalue weighted by Gasteiger charge is -2.06. The fourth-order valence-electron chi connectivity index (χ4n) is 2.03. The number of benzene rings is 1. The van der Waals surface area contributed by atoms with Crippen molar-refractivity contribution in [3.63, 3.8) is 0 Å². The van der Waals surface area contributed by atoms with E-state index in [1.165, 1.54) is 0 Å². The number of hydrogen-bond acceptors (Lipinski definition) is 3. The smallest absolute Gasteiger partial charge is 0.156 e. The zero-order valence-electron chi connectivity index (χ0n) is 10.4. The van der Waals surface area contributed by atoms with Crippen molar-refractivity contribution in [2.45, 2.75) is 13.8 Å². The van der Waals surface area contributed by atoms with E-state index in [9.17, 15) is 0 Å². The highest BCUT2D eigenvalue weighted by Crippen LogP contribution is 2.20. The van der Waals surface area contributed by atoms with Crippen LogP contribution in [-0.2, 0) is 0 Å². The SMILES string of the molecule is Cc1cn(-c2nc3ccccc3cc2C)nc1N. The zero-order valence-corrected chi connectivity index (χ0v) is 10.4. The van der Waals surface area contributed by atoms with Gasteiger partial charge >= 0.3 is 0 Å². The molecular weight excluding hydrogens is 224 g/mol. The van der Waals surface area contributed by atoms with E-state index in [4.69, 9.17) is 5.73 Å². The Hall–Kier alpha value is -2.36. The molecule has 2 N–H and O–H groups in total. The fourth-order valence-corrected chi connectivity index (χ4v) is 2.03. The molecule has 0 bridgehead atoms. The number of rotatable bonds is 1. The van der Waals surface area contributed by atoms with Gasteiger partial charge in [0.05, 0.1) is 5.52 Å². The van der Waals surface area contributed by atoms with Crippen LogP contribution in [0.2, 0.25) is 0 Å². The van der Waals surface area contributed by atoms with Gasteiger partial charge in [-0.15, -0.1) is 5.10 Å². The van der Waals surface area contributed by atoms with E-state index < -0.39 is 0 Å². The molecular formula is C14H14N4. The first-order chi connectivity index (χ1) is 8.65. The number of anilines is 1. The minimum Gasteiger partial charge on any atom is -0.382 e. The molecule has 90 valence electrons. The number of pyridine rings is 1. The first-order valence-electron chi connectivity index (χ1n) is 5.83. The summed E-state index contributed by atoms with van der Waals surface area (Å²) in [5.41, 5.74) is 8.79. The van der Waals surface area contributed by atoms with E-state index in [1.807, 2.05) is 38.2 Å². The zero-order chi connectivity index (χ0) is 12.7. The van der Waals surface area contributed by atoms with Gasteiger partial charge in [0.1, 0.15) is 5.82 Å². The van der Waals surface area contributed by atoms with Crippen molar-refractivity contribution in [2.75, 3.05) is 5.73 Å². The second-order valence-electron chi connectivity index (χ2n) is 4.46. The lowest BCUT2D eigenvalue weighted by Crippen LogP contribution is -2.02. The van der Waals surface area contributed by atoms with Gasteiger partial charge in [0.15, 0.2) is 5.82 Å². The monoisotopic (exact) mass is 238 g/mol. The summed E-state index contributed by atoms with van der Waals surface area (Å²) in [5.74, 6) is 1.37. The van der Waals surface area contributed by atoms with Gasteiger partial charge in [-0.05, 0) is 31.5 Å². The van der Waals surface area contributed by atoms with E-state index in [0.717, 1.165) is 27.8 Å². The van der Waals surface area contributed by atoms with E-state index in [1.54, 1.807) is 4.68 Å². The van der Waals surface area contributed by atoms with Gasteiger partial charge in [0.25, 0.3) is 0 Å². The quantitative estimate of drug-likeness (QED) is 0.709. The van der Waals surface area contributed by atoms with Crippen molar-refractivity contribution in [1.29, 1.82) is 0 Å². The summed E-state index contributed by atoms with van der Waals surface area (Å²) < 4.78 is 1.74. The molecule has 2 aromatic heterocycles. The molecule has 4 heteroatoms. The number of aryl methyl sites for hydroxylation is 2. The van der Waals surface area contributed by atoms with Crippen LogP contribution in [0.25, 0.3) is 16.7 Å². The van der Waals surface area contributed by atoms with Crippen molar-refractivity contribution in [3.8, 4) is 5.82 Å². The number of nitrogens with zero attached hydrogens (tertiary/aromatic N) is 3. The highest BCUT2D eigenvalue weighted by molar-refractivity contribution is 5.80. The minimum atomic E-state index is 0.546. The standard InChI is InChI=1S/C14H14N4/c1-9-7-11-5-3-4-6-12(11)16-14(9)18-8-10(2)13(15)17-18/h3-8H,1-2H3,(H2,15,17). The van der Waals surface area contributed by atoms with Crippen LogP contribution in [0.4, 0.5) is 5.82 Å². The van der Waals surface area contributed by atoms with Gasteiger partial charge in [-0.3, -0.25) is 0 Å². The first kappa shape index (κ1) is 10.8. The van der Waals surface area contributed by atoms with Crippen LogP contribution in [-0.4, -0.2) is 14.8 Å². The van der Waals surface area contributed by atoms with Crippen LogP contribution < -0.4 is 5.73 Å². The Bertz CT molecular complexity index is 708. The number of aromatic nitrogens is 3. The van der Waals surface area contributed by atoms with E-state index in [0.29, 0.717) is 5.82 Å². The third-order valence-corrected chi connectivity index (χ3v) is 3.04. The van der Waals surface area contributed by atoms with Crippen molar-refractivity contribution in [1.82, 2.24) is 14.8 Å². The molecule has 0 spiro atoms. The maximum Gasteiger partial charge on any atom is 0.156 e. The molecule has 0 aliphatic heterocycles. The molecule has 0 aliphatic carbocycles. The predicted molar refractivity (Wildman–Crippen MR) is 72.8 cm³/mol. The maximum atomic E-state index is 5.78. The lowest BCUT2D eigenvalue weighted by atomic mass is 10.1. The molecule has 3 aromatic rings. The van der Waals surface area contributed by atoms with Crippen molar-refractivity contribution in [2.24, 2.45) is 0 Å². The normalized spacial score (nSPS) is 11.0. The average Bonchev–Trinajstić information content (AvgIpc) is 2.68. The molecule has 0 saturated carbocycles. The van der Waals surface area contributed by atoms with Crippen LogP contribution in [0.5, 0.6) is 0 Å². The van der Waals surface area contributed by atoms with Gasteiger partial charge in [-0.1, -0.05) is 18.2 Å². The largest absolute Gasteiger partial charge is 0.382 e. The molecule has 0 unspecified atom stereocenters. The van der Waals surface area contributed by atoms with E-state index in [2.05, 4.69) is 22.2 Å². The number of fused-ring (bicyclic) bond motifs is 1. The van der Waals surface area contributed by atoms with Gasteiger partial charge in [-0.25, -0.2) is 9.67 Å². The van der Waals surface area contributed by atoms with Gasteiger partial charge < -0.3 is 5.73 Å². The van der Waals surface area contributed by atoms with Crippen molar-refractivity contribution >= 4 is 16.7 Å². The summed E-state index contributed by atoms with van der Waals surface area (Å²) in [7, 11) is 0. The molecule has 0 aliphatic rings. The van der Waals surface area contributed by atoms with Crippen molar-refractivity contribution < 1.29 is 0 Å². The highest BCUT2D eigenvalue weighted by Gasteiger charge is 2.08. The topological polar surface area (TPSA) is 56.7 Å². The summed E-state index contributed by atoms with van der Waals surface area (Å²) >= 11 is 0. The van der Waals surface area contributed by atoms with Gasteiger partial charge in [0.2, 0.25) is 0 Å². The molecule has 0 saturated heterocycles. The van der Waals surface area contributed by atoms with E-state index in [-0.39, 0.29) is 0 Å². The minimum absolute atomic E-state index is 0.546. The predicted octanol–water partition coefficient (Wildman–Crippen LogP) is 2.62. The second kappa shape index (κ2) is 3.84. The molecule has 1 aromatic carbocycles. The Morgan fingerprint density at radius 3 is 2.61 bits per heavy atom. The number of para-hydroxylation sites is 1. The Kier molecular flexibility index (Phi) is 2.30. The summed E-state index contributed by atoms with van der Waals surface area (Å²) in [5, 5.41) is 5.41. The van der Waals surface area contributed by atoms with Gasteiger partial charge in [-0.2, -0.15) is 0 Å². The lowest BCUT2D eigenvalue weighted by molar-refractivity contribution is 0.848. The molecule has 0 fully saturated rings. The molecule has 3 rings (SSSR count). The second-order valence-corrected chi connectivity index (χ2v) is 4.46. The summed E-state index contributed by atoms with van der Waals surface area (Å²) in [6.45, 7) is 3.97. The molecule has 4 nitrogen and oxygen atoms in total. The number of nitrogen functional groups attached to an aromatic ring is 1. The van der Waals surface area contributed by atoms with Crippen LogP contribution >= 0.6 is 0 Å². The van der Waals surface area contributed by atoms with Crippen molar-refractivity contribution in [3.05, 3.63) is 47.7 Å². The number of hydrogen-bond donors (Lipinski definition) is 1. The third-order valence-electron chi connectivity index (χ3n) is 3.04. The Balaban J connectivity index is 2.25. The molecule has 18 heavy (non-hydrogen) atoms. The molecule has 0 amide bonds. The molecule has 0 atom stereocenters. The van der Waals surface area contributed by atoms with Gasteiger partial charge in [0, 0.05) is 17.1 Å². The number of nitrogens with two attached hydrogens (primary N) is 1. The Morgan fingerprint density at radius 1 is 1.11 bits per heavy atom. The molecule has 0 radical (unpaired) electrons. The van der Waals surface area contributed by atoms with Crippen LogP contribution in [0.1, 0.15) is 11.1 Å². The van der Waals surface area contributed by atoms with Crippen LogP contribution in [0.15, 0.2) is 36.5 Å². The van der Waals surface area contributed by atoms with Crippen LogP contribution in [0.3, 0.4) is 0 Å². The summed E-state index contributed by atoms with van der Waals surface area (Å²) in [6, 6.07) is 10.2. The molecule has 2 heterocycles. The summed E-state index contributed by atoms with van der Waals surface area (Å²) in [4.78, 5) is 4.64.